The molecule has 1 aliphatic heterocycles. The topological polar surface area (TPSA) is 74.5 Å². The molecule has 2 heterocycles. The van der Waals surface area contributed by atoms with E-state index in [2.05, 4.69) is 20.4 Å². The first kappa shape index (κ1) is 19.3. The van der Waals surface area contributed by atoms with Crippen LogP contribution in [0.4, 0.5) is 9.18 Å². The second-order valence-corrected chi connectivity index (χ2v) is 6.90. The van der Waals surface area contributed by atoms with Crippen LogP contribution < -0.4 is 5.32 Å². The fourth-order valence-corrected chi connectivity index (χ4v) is 3.33. The maximum atomic E-state index is 13.1. The molecule has 1 saturated heterocycles. The van der Waals surface area contributed by atoms with Crippen molar-refractivity contribution in [2.45, 2.75) is 45.8 Å². The normalized spacial score (nSPS) is 17.7. The van der Waals surface area contributed by atoms with Gasteiger partial charge in [0.05, 0.1) is 0 Å². The minimum Gasteiger partial charge on any atom is -0.337 e. The second-order valence-electron chi connectivity index (χ2n) is 6.90. The number of hydrogen-bond acceptors (Lipinski definition) is 5. The monoisotopic (exact) mass is 375 g/mol. The number of nitrogens with zero attached hydrogens (tertiary/aromatic N) is 4. The second kappa shape index (κ2) is 8.94. The van der Waals surface area contributed by atoms with Gasteiger partial charge in [-0.2, -0.15) is 4.98 Å². The molecular weight excluding hydrogens is 349 g/mol. The number of hydrogen-bond donors (Lipinski definition) is 1. The zero-order valence-electron chi connectivity index (χ0n) is 15.8. The van der Waals surface area contributed by atoms with Crippen molar-refractivity contribution >= 4 is 6.03 Å². The van der Waals surface area contributed by atoms with Crippen LogP contribution in [0.15, 0.2) is 28.8 Å². The zero-order chi connectivity index (χ0) is 19.2. The Bertz CT molecular complexity index is 749. The van der Waals surface area contributed by atoms with Gasteiger partial charge in [-0.1, -0.05) is 17.3 Å². The van der Waals surface area contributed by atoms with Gasteiger partial charge in [-0.15, -0.1) is 0 Å². The molecule has 7 nitrogen and oxygen atoms in total. The highest BCUT2D eigenvalue weighted by Crippen LogP contribution is 2.15. The molecule has 0 radical (unpaired) electrons. The number of nitrogens with one attached hydrogen (secondary N) is 1. The minimum absolute atomic E-state index is 0.0881. The predicted molar refractivity (Wildman–Crippen MR) is 98.3 cm³/mol. The van der Waals surface area contributed by atoms with Crippen LogP contribution in [-0.2, 0) is 13.1 Å². The highest BCUT2D eigenvalue weighted by Gasteiger charge is 2.24. The molecule has 3 rings (SSSR count). The summed E-state index contributed by atoms with van der Waals surface area (Å²) in [7, 11) is 0. The lowest BCUT2D eigenvalue weighted by Crippen LogP contribution is -2.51. The first-order valence-corrected chi connectivity index (χ1v) is 9.35. The molecule has 1 aromatic carbocycles. The van der Waals surface area contributed by atoms with Gasteiger partial charge in [0.2, 0.25) is 5.89 Å². The molecule has 1 aromatic heterocycles. The van der Waals surface area contributed by atoms with Crippen molar-refractivity contribution in [3.05, 3.63) is 47.4 Å². The minimum atomic E-state index is -0.223. The van der Waals surface area contributed by atoms with Crippen molar-refractivity contribution in [2.75, 3.05) is 19.6 Å². The summed E-state index contributed by atoms with van der Waals surface area (Å²) in [5.74, 6) is 0.773. The van der Waals surface area contributed by atoms with E-state index in [0.29, 0.717) is 24.8 Å². The third kappa shape index (κ3) is 5.50. The molecule has 1 aliphatic rings. The van der Waals surface area contributed by atoms with E-state index in [9.17, 15) is 9.18 Å². The van der Waals surface area contributed by atoms with Gasteiger partial charge in [0.1, 0.15) is 12.4 Å². The summed E-state index contributed by atoms with van der Waals surface area (Å²) in [6.45, 7) is 7.04. The van der Waals surface area contributed by atoms with E-state index in [4.69, 9.17) is 4.52 Å². The summed E-state index contributed by atoms with van der Waals surface area (Å²) in [6, 6.07) is 6.55. The fourth-order valence-electron chi connectivity index (χ4n) is 3.33. The summed E-state index contributed by atoms with van der Waals surface area (Å²) in [5.41, 5.74) is 1.07. The molecule has 0 aliphatic carbocycles. The molecule has 0 spiro atoms. The van der Waals surface area contributed by atoms with Gasteiger partial charge < -0.3 is 14.7 Å². The lowest BCUT2D eigenvalue weighted by Gasteiger charge is -2.34. The highest BCUT2D eigenvalue weighted by atomic mass is 19.1. The summed E-state index contributed by atoms with van der Waals surface area (Å²) in [4.78, 5) is 20.7. The van der Waals surface area contributed by atoms with Crippen LogP contribution in [-0.4, -0.2) is 51.6 Å². The quantitative estimate of drug-likeness (QED) is 0.840. The molecule has 1 atom stereocenters. The largest absolute Gasteiger partial charge is 0.337 e. The summed E-state index contributed by atoms with van der Waals surface area (Å²) < 4.78 is 18.2. The maximum absolute atomic E-state index is 13.1. The standard InChI is InChI=1S/C19H26FN5O2/c1-3-25(13-18-21-14(2)23-27-18)19(26)22-17-5-4-10-24(12-17)11-15-6-8-16(20)9-7-15/h6-9,17H,3-5,10-13H2,1-2H3,(H,22,26). The van der Waals surface area contributed by atoms with Gasteiger partial charge >= 0.3 is 6.03 Å². The van der Waals surface area contributed by atoms with Crippen molar-refractivity contribution in [1.29, 1.82) is 0 Å². The van der Waals surface area contributed by atoms with E-state index in [1.807, 2.05) is 19.1 Å². The number of aromatic nitrogens is 2. The Morgan fingerprint density at radius 2 is 2.19 bits per heavy atom. The number of halogens is 1. The predicted octanol–water partition coefficient (Wildman–Crippen LogP) is 2.71. The number of benzene rings is 1. The van der Waals surface area contributed by atoms with Crippen molar-refractivity contribution in [1.82, 2.24) is 25.3 Å². The van der Waals surface area contributed by atoms with Crippen LogP contribution in [0.3, 0.4) is 0 Å². The van der Waals surface area contributed by atoms with Crippen LogP contribution >= 0.6 is 0 Å². The van der Waals surface area contributed by atoms with Crippen molar-refractivity contribution < 1.29 is 13.7 Å². The van der Waals surface area contributed by atoms with Gasteiger partial charge in [-0.25, -0.2) is 9.18 Å². The Hall–Kier alpha value is -2.48. The van der Waals surface area contributed by atoms with E-state index in [-0.39, 0.29) is 17.9 Å². The molecule has 2 amide bonds. The maximum Gasteiger partial charge on any atom is 0.318 e. The Labute approximate surface area is 158 Å². The molecule has 0 saturated carbocycles. The lowest BCUT2D eigenvalue weighted by molar-refractivity contribution is 0.159. The van der Waals surface area contributed by atoms with Crippen LogP contribution in [0.1, 0.15) is 37.0 Å². The first-order chi connectivity index (χ1) is 13.0. The SMILES string of the molecule is CCN(Cc1nc(C)no1)C(=O)NC1CCCN(Cc2ccc(F)cc2)C1. The van der Waals surface area contributed by atoms with Gasteiger partial charge in [0.15, 0.2) is 5.82 Å². The van der Waals surface area contributed by atoms with Gasteiger partial charge in [0, 0.05) is 25.7 Å². The summed E-state index contributed by atoms with van der Waals surface area (Å²) in [6.07, 6.45) is 1.96. The Balaban J connectivity index is 1.52. The average Bonchev–Trinajstić information content (AvgIpc) is 3.07. The fraction of sp³-hybridized carbons (Fsp3) is 0.526. The number of carbonyl (C=O) groups excluding carboxylic acids is 1. The number of urea groups is 1. The molecule has 146 valence electrons. The van der Waals surface area contributed by atoms with E-state index in [1.165, 1.54) is 12.1 Å². The number of piperidine rings is 1. The van der Waals surface area contributed by atoms with E-state index in [1.54, 1.807) is 11.8 Å². The average molecular weight is 375 g/mol. The third-order valence-corrected chi connectivity index (χ3v) is 4.72. The summed E-state index contributed by atoms with van der Waals surface area (Å²) in [5, 5.41) is 6.88. The van der Waals surface area contributed by atoms with Crippen LogP contribution in [0, 0.1) is 12.7 Å². The lowest BCUT2D eigenvalue weighted by atomic mass is 10.0. The van der Waals surface area contributed by atoms with Crippen LogP contribution in [0.25, 0.3) is 0 Å². The van der Waals surface area contributed by atoms with Crippen LogP contribution in [0.5, 0.6) is 0 Å². The summed E-state index contributed by atoms with van der Waals surface area (Å²) >= 11 is 0. The molecule has 1 unspecified atom stereocenters. The number of rotatable bonds is 6. The Kier molecular flexibility index (Phi) is 6.39. The molecule has 2 aromatic rings. The number of carbonyl (C=O) groups is 1. The van der Waals surface area contributed by atoms with Crippen molar-refractivity contribution in [3.8, 4) is 0 Å². The Morgan fingerprint density at radius 3 is 2.85 bits per heavy atom. The van der Waals surface area contributed by atoms with E-state index in [0.717, 1.165) is 38.0 Å². The number of amides is 2. The van der Waals surface area contributed by atoms with E-state index >= 15 is 0 Å². The smallest absolute Gasteiger partial charge is 0.318 e. The zero-order valence-corrected chi connectivity index (χ0v) is 15.8. The molecule has 1 fully saturated rings. The van der Waals surface area contributed by atoms with Crippen molar-refractivity contribution in [3.63, 3.8) is 0 Å². The molecule has 0 bridgehead atoms. The van der Waals surface area contributed by atoms with Gasteiger partial charge in [-0.05, 0) is 50.9 Å². The van der Waals surface area contributed by atoms with E-state index < -0.39 is 0 Å². The Morgan fingerprint density at radius 1 is 1.41 bits per heavy atom. The molecular formula is C19H26FN5O2. The molecule has 1 N–H and O–H groups in total. The molecule has 27 heavy (non-hydrogen) atoms. The highest BCUT2D eigenvalue weighted by molar-refractivity contribution is 5.74. The first-order valence-electron chi connectivity index (χ1n) is 9.35. The van der Waals surface area contributed by atoms with Crippen LogP contribution in [0.2, 0.25) is 0 Å². The number of likely N-dealkylation sites (tertiary alicyclic amines) is 1. The third-order valence-electron chi connectivity index (χ3n) is 4.72. The number of aryl methyl sites for hydroxylation is 1. The molecule has 8 heteroatoms. The van der Waals surface area contributed by atoms with Crippen molar-refractivity contribution in [2.24, 2.45) is 0 Å². The van der Waals surface area contributed by atoms with Gasteiger partial charge in [-0.3, -0.25) is 4.90 Å². The van der Waals surface area contributed by atoms with Gasteiger partial charge in [0.25, 0.3) is 0 Å².